The molecule has 1 aromatic heterocycles. The van der Waals surface area contributed by atoms with E-state index in [2.05, 4.69) is 10.2 Å². The summed E-state index contributed by atoms with van der Waals surface area (Å²) in [5.74, 6) is 0.295. The topological polar surface area (TPSA) is 35.0 Å². The Hall–Kier alpha value is -1.20. The average Bonchev–Trinajstić information content (AvgIpc) is 2.64. The van der Waals surface area contributed by atoms with Gasteiger partial charge in [-0.05, 0) is 35.9 Å². The minimum absolute atomic E-state index is 0.288. The lowest BCUT2D eigenvalue weighted by Crippen LogP contribution is -1.94. The quantitative estimate of drug-likeness (QED) is 0.833. The van der Waals surface area contributed by atoms with Crippen molar-refractivity contribution in [1.29, 1.82) is 0 Å². The number of nitrogens with zero attached hydrogens (tertiary/aromatic N) is 2. The van der Waals surface area contributed by atoms with Gasteiger partial charge >= 0.3 is 0 Å². The minimum atomic E-state index is -0.290. The molecule has 6 heteroatoms. The van der Waals surface area contributed by atoms with Crippen molar-refractivity contribution in [2.45, 2.75) is 6.61 Å². The summed E-state index contributed by atoms with van der Waals surface area (Å²) in [5, 5.41) is 8.11. The van der Waals surface area contributed by atoms with E-state index in [1.807, 2.05) is 0 Å². The van der Waals surface area contributed by atoms with E-state index < -0.39 is 0 Å². The van der Waals surface area contributed by atoms with E-state index in [4.69, 9.17) is 16.3 Å². The molecule has 0 saturated heterocycles. The first kappa shape index (κ1) is 10.3. The summed E-state index contributed by atoms with van der Waals surface area (Å²) in [4.78, 5) is 0. The monoisotopic (exact) mass is 244 g/mol. The zero-order chi connectivity index (χ0) is 10.7. The van der Waals surface area contributed by atoms with Crippen LogP contribution < -0.4 is 4.74 Å². The zero-order valence-corrected chi connectivity index (χ0v) is 9.06. The highest BCUT2D eigenvalue weighted by Crippen LogP contribution is 2.18. The third-order valence-electron chi connectivity index (χ3n) is 1.62. The van der Waals surface area contributed by atoms with Gasteiger partial charge < -0.3 is 4.74 Å². The fourth-order valence-electron chi connectivity index (χ4n) is 0.967. The van der Waals surface area contributed by atoms with Gasteiger partial charge in [0.15, 0.2) is 5.01 Å². The third-order valence-corrected chi connectivity index (χ3v) is 2.61. The number of hydrogen-bond acceptors (Lipinski definition) is 4. The molecule has 15 heavy (non-hydrogen) atoms. The zero-order valence-electron chi connectivity index (χ0n) is 7.48. The molecular weight excluding hydrogens is 239 g/mol. The summed E-state index contributed by atoms with van der Waals surface area (Å²) in [6, 6.07) is 5.78. The third kappa shape index (κ3) is 2.87. The number of benzene rings is 1. The van der Waals surface area contributed by atoms with Gasteiger partial charge in [-0.3, -0.25) is 0 Å². The average molecular weight is 245 g/mol. The number of hydrogen-bond donors (Lipinski definition) is 0. The smallest absolute Gasteiger partial charge is 0.207 e. The predicted molar refractivity (Wildman–Crippen MR) is 55.7 cm³/mol. The lowest BCUT2D eigenvalue weighted by atomic mass is 10.3. The number of halogens is 2. The van der Waals surface area contributed by atoms with Crippen LogP contribution >= 0.6 is 22.9 Å². The Morgan fingerprint density at radius 3 is 2.60 bits per heavy atom. The second-order valence-electron chi connectivity index (χ2n) is 2.69. The van der Waals surface area contributed by atoms with Gasteiger partial charge in [-0.25, -0.2) is 4.39 Å². The molecule has 78 valence electrons. The summed E-state index contributed by atoms with van der Waals surface area (Å²) in [5.41, 5.74) is 0. The molecule has 1 heterocycles. The molecule has 0 spiro atoms. The highest BCUT2D eigenvalue weighted by atomic mass is 35.5. The largest absolute Gasteiger partial charge is 0.486 e. The standard InChI is InChI=1S/C9H6ClFN2OS/c10-9-13-12-8(15-9)5-14-7-3-1-6(11)2-4-7/h1-4H,5H2. The van der Waals surface area contributed by atoms with Gasteiger partial charge in [-0.2, -0.15) is 0 Å². The van der Waals surface area contributed by atoms with Gasteiger partial charge in [-0.1, -0.05) is 11.3 Å². The van der Waals surface area contributed by atoms with Gasteiger partial charge in [0.05, 0.1) is 0 Å². The maximum absolute atomic E-state index is 12.6. The van der Waals surface area contributed by atoms with Gasteiger partial charge in [0, 0.05) is 0 Å². The van der Waals surface area contributed by atoms with Crippen molar-refractivity contribution in [3.63, 3.8) is 0 Å². The maximum atomic E-state index is 12.6. The summed E-state index contributed by atoms with van der Waals surface area (Å²) in [6.07, 6.45) is 0. The van der Waals surface area contributed by atoms with E-state index in [0.29, 0.717) is 15.2 Å². The molecule has 0 saturated carbocycles. The summed E-state index contributed by atoms with van der Waals surface area (Å²) < 4.78 is 18.3. The van der Waals surface area contributed by atoms with Gasteiger partial charge in [-0.15, -0.1) is 10.2 Å². The first-order chi connectivity index (χ1) is 7.24. The second-order valence-corrected chi connectivity index (χ2v) is 4.34. The van der Waals surface area contributed by atoms with Crippen LogP contribution in [-0.2, 0) is 6.61 Å². The van der Waals surface area contributed by atoms with Crippen LogP contribution in [0.3, 0.4) is 0 Å². The molecule has 2 rings (SSSR count). The number of aromatic nitrogens is 2. The molecule has 3 nitrogen and oxygen atoms in total. The molecule has 0 amide bonds. The lowest BCUT2D eigenvalue weighted by Gasteiger charge is -2.02. The molecule has 1 aromatic carbocycles. The molecule has 0 bridgehead atoms. The highest BCUT2D eigenvalue weighted by molar-refractivity contribution is 7.15. The highest BCUT2D eigenvalue weighted by Gasteiger charge is 2.02. The van der Waals surface area contributed by atoms with Crippen LogP contribution in [0.25, 0.3) is 0 Å². The number of rotatable bonds is 3. The molecule has 0 N–H and O–H groups in total. The predicted octanol–water partition coefficient (Wildman–Crippen LogP) is 2.91. The SMILES string of the molecule is Fc1ccc(OCc2nnc(Cl)s2)cc1. The molecule has 0 fully saturated rings. The van der Waals surface area contributed by atoms with Crippen molar-refractivity contribution < 1.29 is 9.13 Å². The molecule has 0 aliphatic heterocycles. The molecule has 0 aliphatic rings. The van der Waals surface area contributed by atoms with Crippen LogP contribution in [-0.4, -0.2) is 10.2 Å². The minimum Gasteiger partial charge on any atom is -0.486 e. The Balaban J connectivity index is 1.96. The van der Waals surface area contributed by atoms with Crippen LogP contribution in [0, 0.1) is 5.82 Å². The van der Waals surface area contributed by atoms with Crippen molar-refractivity contribution >= 4 is 22.9 Å². The van der Waals surface area contributed by atoms with Crippen LogP contribution in [0.15, 0.2) is 24.3 Å². The van der Waals surface area contributed by atoms with E-state index in [1.165, 1.54) is 23.5 Å². The molecule has 0 atom stereocenters. The Labute approximate surface area is 94.5 Å². The molecule has 0 radical (unpaired) electrons. The van der Waals surface area contributed by atoms with Crippen molar-refractivity contribution in [3.05, 3.63) is 39.6 Å². The van der Waals surface area contributed by atoms with Crippen molar-refractivity contribution in [2.75, 3.05) is 0 Å². The normalized spacial score (nSPS) is 10.3. The van der Waals surface area contributed by atoms with E-state index in [0.717, 1.165) is 0 Å². The van der Waals surface area contributed by atoms with Crippen LogP contribution in [0.1, 0.15) is 5.01 Å². The second kappa shape index (κ2) is 4.55. The lowest BCUT2D eigenvalue weighted by molar-refractivity contribution is 0.304. The number of ether oxygens (including phenoxy) is 1. The summed E-state index contributed by atoms with van der Waals surface area (Å²) in [7, 11) is 0. The Kier molecular flexibility index (Phi) is 3.13. The summed E-state index contributed by atoms with van der Waals surface area (Å²) in [6.45, 7) is 0.288. The van der Waals surface area contributed by atoms with Gasteiger partial charge in [0.1, 0.15) is 18.2 Å². The fraction of sp³-hybridized carbons (Fsp3) is 0.111. The van der Waals surface area contributed by atoms with Crippen molar-refractivity contribution in [3.8, 4) is 5.75 Å². The van der Waals surface area contributed by atoms with Crippen molar-refractivity contribution in [1.82, 2.24) is 10.2 Å². The maximum Gasteiger partial charge on any atom is 0.207 e. The fourth-order valence-corrected chi connectivity index (χ4v) is 1.75. The van der Waals surface area contributed by atoms with Gasteiger partial charge in [0.25, 0.3) is 0 Å². The van der Waals surface area contributed by atoms with Crippen LogP contribution in [0.2, 0.25) is 4.47 Å². The molecule has 0 unspecified atom stereocenters. The molecule has 0 aliphatic carbocycles. The summed E-state index contributed by atoms with van der Waals surface area (Å²) >= 11 is 6.86. The van der Waals surface area contributed by atoms with E-state index in [9.17, 15) is 4.39 Å². The molecular formula is C9H6ClFN2OS. The first-order valence-electron chi connectivity index (χ1n) is 4.10. The van der Waals surface area contributed by atoms with Gasteiger partial charge in [0.2, 0.25) is 4.47 Å². The van der Waals surface area contributed by atoms with E-state index >= 15 is 0 Å². The Morgan fingerprint density at radius 1 is 1.27 bits per heavy atom. The van der Waals surface area contributed by atoms with Crippen molar-refractivity contribution in [2.24, 2.45) is 0 Å². The Morgan fingerprint density at radius 2 is 2.00 bits per heavy atom. The van der Waals surface area contributed by atoms with Crippen LogP contribution in [0.4, 0.5) is 4.39 Å². The Bertz CT molecular complexity index is 446. The van der Waals surface area contributed by atoms with E-state index in [1.54, 1.807) is 12.1 Å². The van der Waals surface area contributed by atoms with Crippen LogP contribution in [0.5, 0.6) is 5.75 Å². The first-order valence-corrected chi connectivity index (χ1v) is 5.30. The van der Waals surface area contributed by atoms with E-state index in [-0.39, 0.29) is 12.4 Å². The molecule has 2 aromatic rings.